The summed E-state index contributed by atoms with van der Waals surface area (Å²) in [5, 5.41) is 29.7. The first-order valence-electron chi connectivity index (χ1n) is 25.9. The molecule has 20 heteroatoms. The standard InChI is InChI=1S/C47H81N9O10S/c48-47(54-56(63)64)50-28-17-27-39(43(59)53-40(32-33-18-7-5-8-19-33)41(57)44(60)49-29-30-51-67(65,66)35-22-9-6-10-23-35)52-42(58)36(34-20-12-13-21-34)24-11-3-1-2-4-16-31-55-45(61)37-25-14-15-26-38(37)46(55)62/h33-41,51,57H,1-32H2,(H,49,60)(H,52,58)(H,53,59)(H3,48,50,54)/t36?,37?,38?,39-,40-,41?/m0/s1. The average Bonchev–Trinajstić information content (AvgIpc) is 3.94. The van der Waals surface area contributed by atoms with Crippen molar-refractivity contribution in [3.8, 4) is 0 Å². The van der Waals surface area contributed by atoms with Crippen molar-refractivity contribution in [1.29, 1.82) is 0 Å². The lowest BCUT2D eigenvalue weighted by molar-refractivity contribution is -0.525. The van der Waals surface area contributed by atoms with Gasteiger partial charge in [-0.1, -0.05) is 115 Å². The minimum atomic E-state index is -3.55. The van der Waals surface area contributed by atoms with E-state index in [1.807, 2.05) is 0 Å². The van der Waals surface area contributed by atoms with Crippen molar-refractivity contribution < 1.29 is 42.5 Å². The van der Waals surface area contributed by atoms with Crippen LogP contribution in [0, 0.1) is 39.7 Å². The molecular formula is C47H81N9O10S. The number of nitro groups is 1. The third kappa shape index (κ3) is 17.2. The molecule has 67 heavy (non-hydrogen) atoms. The van der Waals surface area contributed by atoms with Gasteiger partial charge in [-0.25, -0.2) is 28.2 Å². The Kier molecular flexibility index (Phi) is 22.5. The highest BCUT2D eigenvalue weighted by Gasteiger charge is 2.47. The van der Waals surface area contributed by atoms with Crippen LogP contribution in [0.3, 0.4) is 0 Å². The molecular weight excluding hydrogens is 883 g/mol. The number of aliphatic hydroxyl groups is 1. The minimum absolute atomic E-state index is 0.0132. The van der Waals surface area contributed by atoms with Crippen molar-refractivity contribution in [1.82, 2.24) is 31.0 Å². The summed E-state index contributed by atoms with van der Waals surface area (Å²) in [5.41, 5.74) is 7.42. The van der Waals surface area contributed by atoms with E-state index in [2.05, 4.69) is 25.7 Å². The summed E-state index contributed by atoms with van der Waals surface area (Å²) in [4.78, 5) is 84.1. The van der Waals surface area contributed by atoms with Gasteiger partial charge in [-0.15, -0.1) is 0 Å². The Balaban J connectivity index is 1.17. The van der Waals surface area contributed by atoms with Crippen molar-refractivity contribution in [2.75, 3.05) is 26.2 Å². The van der Waals surface area contributed by atoms with E-state index in [0.29, 0.717) is 32.2 Å². The number of likely N-dealkylation sites (tertiary alicyclic amines) is 1. The Morgan fingerprint density at radius 2 is 1.31 bits per heavy atom. The fourth-order valence-electron chi connectivity index (χ4n) is 11.4. The van der Waals surface area contributed by atoms with Gasteiger partial charge in [-0.3, -0.25) is 28.9 Å². The van der Waals surface area contributed by atoms with Gasteiger partial charge in [0.2, 0.25) is 33.7 Å². The average molecular weight is 964 g/mol. The Morgan fingerprint density at radius 1 is 0.731 bits per heavy atom. The van der Waals surface area contributed by atoms with Gasteiger partial charge in [0.05, 0.1) is 23.1 Å². The molecule has 19 nitrogen and oxygen atoms in total. The third-order valence-electron chi connectivity index (χ3n) is 15.2. The highest BCUT2D eigenvalue weighted by molar-refractivity contribution is 7.90. The molecule has 5 amide bonds. The van der Waals surface area contributed by atoms with E-state index in [4.69, 9.17) is 5.73 Å². The largest absolute Gasteiger partial charge is 0.381 e. The molecule has 0 bridgehead atoms. The SMILES string of the molecule is NC(=NCCC[C@H](NC(=O)C(CCCCCCCCN1C(=O)C2CCCCC2C1=O)C1CCCC1)C(=O)N[C@@H](CC1CCCCC1)C(O)C(=O)NCCNS(=O)(=O)C1CCCCC1)N[N+](=O)[O-]. The van der Waals surface area contributed by atoms with Crippen molar-refractivity contribution in [3.63, 3.8) is 0 Å². The van der Waals surface area contributed by atoms with Crippen LogP contribution in [0.15, 0.2) is 4.99 Å². The summed E-state index contributed by atoms with van der Waals surface area (Å²) < 4.78 is 28.2. The summed E-state index contributed by atoms with van der Waals surface area (Å²) in [6.07, 6.45) is 21.3. The number of nitrogens with two attached hydrogens (primary N) is 1. The number of fused-ring (bicyclic) bond motifs is 1. The second-order valence-electron chi connectivity index (χ2n) is 20.0. The Labute approximate surface area is 397 Å². The highest BCUT2D eigenvalue weighted by atomic mass is 32.2. The van der Waals surface area contributed by atoms with E-state index in [1.165, 1.54) is 4.90 Å². The van der Waals surface area contributed by atoms with E-state index >= 15 is 0 Å². The summed E-state index contributed by atoms with van der Waals surface area (Å²) >= 11 is 0. The lowest BCUT2D eigenvalue weighted by Crippen LogP contribution is -2.57. The molecule has 5 aliphatic rings. The maximum atomic E-state index is 14.3. The predicted molar refractivity (Wildman–Crippen MR) is 254 cm³/mol. The second kappa shape index (κ2) is 27.9. The van der Waals surface area contributed by atoms with E-state index < -0.39 is 56.3 Å². The maximum absolute atomic E-state index is 14.3. The number of carbonyl (C=O) groups is 5. The van der Waals surface area contributed by atoms with Gasteiger partial charge in [-0.05, 0) is 82.5 Å². The van der Waals surface area contributed by atoms with Gasteiger partial charge in [0.1, 0.15) is 6.04 Å². The number of unbranched alkanes of at least 4 members (excludes halogenated alkanes) is 5. The zero-order valence-corrected chi connectivity index (χ0v) is 40.6. The van der Waals surface area contributed by atoms with E-state index in [0.717, 1.165) is 141 Å². The van der Waals surface area contributed by atoms with Crippen LogP contribution in [-0.2, 0) is 34.0 Å². The molecule has 4 unspecified atom stereocenters. The van der Waals surface area contributed by atoms with Gasteiger partial charge in [0.15, 0.2) is 11.1 Å². The Hall–Kier alpha value is -3.91. The van der Waals surface area contributed by atoms with Crippen LogP contribution in [0.5, 0.6) is 0 Å². The molecule has 4 aliphatic carbocycles. The molecule has 1 saturated heterocycles. The first-order chi connectivity index (χ1) is 32.2. The predicted octanol–water partition coefficient (Wildman–Crippen LogP) is 4.24. The number of hydrogen-bond acceptors (Lipinski definition) is 11. The van der Waals surface area contributed by atoms with Gasteiger partial charge in [0, 0.05) is 32.1 Å². The summed E-state index contributed by atoms with van der Waals surface area (Å²) in [5.74, 6) is -2.16. The lowest BCUT2D eigenvalue weighted by atomic mass is 9.81. The molecule has 8 N–H and O–H groups in total. The smallest absolute Gasteiger partial charge is 0.251 e. The molecule has 0 spiro atoms. The number of aliphatic imine (C=N–C) groups is 1. The molecule has 1 heterocycles. The zero-order valence-electron chi connectivity index (χ0n) is 39.8. The van der Waals surface area contributed by atoms with Gasteiger partial charge < -0.3 is 26.8 Å². The molecule has 380 valence electrons. The fraction of sp³-hybridized carbons (Fsp3) is 0.872. The molecule has 0 aromatic rings. The number of guanidine groups is 1. The number of nitrogens with zero attached hydrogens (tertiary/aromatic N) is 3. The van der Waals surface area contributed by atoms with Crippen LogP contribution in [0.4, 0.5) is 0 Å². The number of carbonyl (C=O) groups excluding carboxylic acids is 5. The minimum Gasteiger partial charge on any atom is -0.381 e. The number of aliphatic hydroxyl groups excluding tert-OH is 1. The fourth-order valence-corrected chi connectivity index (χ4v) is 13.0. The molecule has 1 aliphatic heterocycles. The third-order valence-corrected chi connectivity index (χ3v) is 17.1. The Bertz CT molecular complexity index is 1740. The van der Waals surface area contributed by atoms with Crippen molar-refractivity contribution >= 4 is 45.5 Å². The van der Waals surface area contributed by atoms with Crippen molar-refractivity contribution in [2.24, 2.45) is 40.3 Å². The normalized spacial score (nSPS) is 23.0. The topological polar surface area (TPSA) is 285 Å². The molecule has 0 aromatic carbocycles. The second-order valence-corrected chi connectivity index (χ2v) is 22.1. The maximum Gasteiger partial charge on any atom is 0.251 e. The lowest BCUT2D eigenvalue weighted by Gasteiger charge is -2.31. The highest BCUT2D eigenvalue weighted by Crippen LogP contribution is 2.38. The van der Waals surface area contributed by atoms with Gasteiger partial charge in [-0.2, -0.15) is 0 Å². The summed E-state index contributed by atoms with van der Waals surface area (Å²) in [7, 11) is -3.55. The first-order valence-corrected chi connectivity index (χ1v) is 27.4. The number of sulfonamides is 1. The van der Waals surface area contributed by atoms with Gasteiger partial charge >= 0.3 is 0 Å². The molecule has 5 rings (SSSR count). The molecule has 5 fully saturated rings. The summed E-state index contributed by atoms with van der Waals surface area (Å²) in [6.45, 7) is 0.429. The van der Waals surface area contributed by atoms with Crippen molar-refractivity contribution in [3.05, 3.63) is 10.1 Å². The van der Waals surface area contributed by atoms with Crippen LogP contribution in [0.2, 0.25) is 0 Å². The zero-order chi connectivity index (χ0) is 48.2. The number of hydrogen-bond donors (Lipinski definition) is 7. The van der Waals surface area contributed by atoms with Crippen LogP contribution >= 0.6 is 0 Å². The molecule has 6 atom stereocenters. The first kappa shape index (κ1) is 54.0. The van der Waals surface area contributed by atoms with E-state index in [1.54, 1.807) is 5.43 Å². The number of nitrogens with one attached hydrogen (secondary N) is 5. The molecule has 0 aromatic heterocycles. The summed E-state index contributed by atoms with van der Waals surface area (Å²) in [6, 6.07) is -2.05. The Morgan fingerprint density at radius 3 is 1.96 bits per heavy atom. The number of amides is 5. The number of rotatable bonds is 28. The van der Waals surface area contributed by atoms with Gasteiger partial charge in [0.25, 0.3) is 11.9 Å². The monoisotopic (exact) mass is 964 g/mol. The van der Waals surface area contributed by atoms with Crippen molar-refractivity contribution in [2.45, 2.75) is 203 Å². The van der Waals surface area contributed by atoms with Crippen LogP contribution < -0.4 is 31.8 Å². The number of imide groups is 1. The molecule has 0 radical (unpaired) electrons. The van der Waals surface area contributed by atoms with Crippen LogP contribution in [0.1, 0.15) is 180 Å². The van der Waals surface area contributed by atoms with Crippen LogP contribution in [0.25, 0.3) is 0 Å². The number of hydrazine groups is 1. The van der Waals surface area contributed by atoms with E-state index in [-0.39, 0.29) is 79.8 Å². The van der Waals surface area contributed by atoms with Crippen LogP contribution in [-0.4, -0.2) is 109 Å². The molecule has 4 saturated carbocycles. The van der Waals surface area contributed by atoms with E-state index in [9.17, 15) is 47.6 Å². The quantitative estimate of drug-likeness (QED) is 0.0145.